The number of likely N-dealkylation sites (tertiary alicyclic amines) is 1. The number of nitrogens with zero attached hydrogens (tertiary/aromatic N) is 2. The van der Waals surface area contributed by atoms with Gasteiger partial charge in [-0.15, -0.1) is 30.6 Å². The first kappa shape index (κ1) is 19.0. The zero-order valence-electron chi connectivity index (χ0n) is 13.1. The fourth-order valence-electron chi connectivity index (χ4n) is 2.53. The maximum Gasteiger partial charge on any atom is 0.194 e. The van der Waals surface area contributed by atoms with Crippen LogP contribution in [0.3, 0.4) is 0 Å². The molecule has 0 radical (unpaired) electrons. The summed E-state index contributed by atoms with van der Waals surface area (Å²) >= 11 is 0. The molecule has 0 saturated carbocycles. The molecule has 0 amide bonds. The van der Waals surface area contributed by atoms with E-state index in [-0.39, 0.29) is 30.1 Å². The van der Waals surface area contributed by atoms with Crippen LogP contribution in [0.4, 0.5) is 0 Å². The van der Waals surface area contributed by atoms with Crippen LogP contribution in [0, 0.1) is 5.92 Å². The van der Waals surface area contributed by atoms with Crippen LogP contribution >= 0.6 is 24.0 Å². The number of hydrogen-bond acceptors (Lipinski definition) is 3. The largest absolute Gasteiger partial charge is 0.469 e. The van der Waals surface area contributed by atoms with E-state index in [0.29, 0.717) is 19.0 Å². The molecule has 6 heteroatoms. The normalized spacial score (nSPS) is 19.6. The minimum Gasteiger partial charge on any atom is -0.469 e. The Balaban J connectivity index is 0.00000242. The summed E-state index contributed by atoms with van der Waals surface area (Å²) in [4.78, 5) is 6.87. The average Bonchev–Trinajstić information content (AvgIpc) is 3.13. The van der Waals surface area contributed by atoms with E-state index < -0.39 is 0 Å². The maximum atomic E-state index is 9.71. The molecule has 0 aliphatic carbocycles. The van der Waals surface area contributed by atoms with Gasteiger partial charge in [-0.1, -0.05) is 6.08 Å². The lowest BCUT2D eigenvalue weighted by molar-refractivity contribution is 0.132. The van der Waals surface area contributed by atoms with Gasteiger partial charge in [0.15, 0.2) is 5.96 Å². The van der Waals surface area contributed by atoms with Crippen LogP contribution in [-0.2, 0) is 6.42 Å². The van der Waals surface area contributed by atoms with E-state index in [1.807, 2.05) is 25.1 Å². The molecular weight excluding hydrogens is 393 g/mol. The summed E-state index contributed by atoms with van der Waals surface area (Å²) in [5.41, 5.74) is 0. The number of aliphatic hydroxyl groups is 1. The first-order valence-corrected chi connectivity index (χ1v) is 7.55. The molecule has 0 bridgehead atoms. The zero-order chi connectivity index (χ0) is 15.1. The molecular formula is C16H26IN3O2. The lowest BCUT2D eigenvalue weighted by atomic mass is 10.0. The fraction of sp³-hybridized carbons (Fsp3) is 0.562. The van der Waals surface area contributed by atoms with Crippen molar-refractivity contribution >= 4 is 29.9 Å². The summed E-state index contributed by atoms with van der Waals surface area (Å²) in [6.07, 6.45) is 5.04. The van der Waals surface area contributed by atoms with Gasteiger partial charge in [-0.3, -0.25) is 4.99 Å². The Hall–Kier alpha value is -1.02. The second kappa shape index (κ2) is 9.89. The molecule has 1 aliphatic heterocycles. The Bertz CT molecular complexity index is 460. The summed E-state index contributed by atoms with van der Waals surface area (Å²) in [7, 11) is 0. The molecule has 1 aliphatic rings. The van der Waals surface area contributed by atoms with E-state index in [4.69, 9.17) is 4.42 Å². The van der Waals surface area contributed by atoms with Gasteiger partial charge in [0, 0.05) is 38.5 Å². The van der Waals surface area contributed by atoms with Gasteiger partial charge in [0.05, 0.1) is 12.4 Å². The Morgan fingerprint density at radius 1 is 1.68 bits per heavy atom. The lowest BCUT2D eigenvalue weighted by Gasteiger charge is -2.22. The third-order valence-electron chi connectivity index (χ3n) is 3.81. The van der Waals surface area contributed by atoms with Crippen molar-refractivity contribution in [3.05, 3.63) is 36.8 Å². The van der Waals surface area contributed by atoms with Crippen molar-refractivity contribution in [3.8, 4) is 0 Å². The van der Waals surface area contributed by atoms with Gasteiger partial charge in [-0.25, -0.2) is 0 Å². The molecule has 2 rings (SSSR count). The van der Waals surface area contributed by atoms with E-state index >= 15 is 0 Å². The van der Waals surface area contributed by atoms with Crippen LogP contribution in [0.1, 0.15) is 19.1 Å². The zero-order valence-corrected chi connectivity index (χ0v) is 15.4. The van der Waals surface area contributed by atoms with Crippen LogP contribution in [0.15, 0.2) is 40.5 Å². The molecule has 1 aromatic rings. The summed E-state index contributed by atoms with van der Waals surface area (Å²) in [5.74, 6) is 2.17. The molecule has 1 saturated heterocycles. The van der Waals surface area contributed by atoms with E-state index in [2.05, 4.69) is 21.8 Å². The van der Waals surface area contributed by atoms with Crippen molar-refractivity contribution in [2.45, 2.75) is 25.9 Å². The topological polar surface area (TPSA) is 61.0 Å². The molecule has 1 aromatic heterocycles. The fourth-order valence-corrected chi connectivity index (χ4v) is 2.53. The molecule has 2 heterocycles. The van der Waals surface area contributed by atoms with Crippen molar-refractivity contribution < 1.29 is 9.52 Å². The number of aliphatic hydroxyl groups excluding tert-OH is 1. The number of nitrogens with one attached hydrogen (secondary N) is 1. The predicted octanol–water partition coefficient (Wildman–Crippen LogP) is 2.27. The van der Waals surface area contributed by atoms with E-state index in [0.717, 1.165) is 37.7 Å². The monoisotopic (exact) mass is 419 g/mol. The van der Waals surface area contributed by atoms with Crippen LogP contribution in [-0.4, -0.2) is 48.2 Å². The highest BCUT2D eigenvalue weighted by atomic mass is 127. The third-order valence-corrected chi connectivity index (χ3v) is 3.81. The van der Waals surface area contributed by atoms with Crippen LogP contribution < -0.4 is 5.32 Å². The summed E-state index contributed by atoms with van der Waals surface area (Å²) < 4.78 is 5.32. The van der Waals surface area contributed by atoms with Crippen LogP contribution in [0.2, 0.25) is 0 Å². The Morgan fingerprint density at radius 3 is 3.09 bits per heavy atom. The smallest absolute Gasteiger partial charge is 0.194 e. The van der Waals surface area contributed by atoms with Gasteiger partial charge in [0.2, 0.25) is 0 Å². The number of halogens is 1. The molecule has 124 valence electrons. The van der Waals surface area contributed by atoms with Crippen LogP contribution in [0.25, 0.3) is 0 Å². The Kier molecular flexibility index (Phi) is 8.55. The van der Waals surface area contributed by atoms with Gasteiger partial charge in [0.25, 0.3) is 0 Å². The molecule has 0 aromatic carbocycles. The van der Waals surface area contributed by atoms with Gasteiger partial charge in [0.1, 0.15) is 5.76 Å². The second-order valence-corrected chi connectivity index (χ2v) is 5.44. The average molecular weight is 419 g/mol. The van der Waals surface area contributed by atoms with Crippen molar-refractivity contribution in [1.82, 2.24) is 10.2 Å². The molecule has 22 heavy (non-hydrogen) atoms. The summed E-state index contributed by atoms with van der Waals surface area (Å²) in [6, 6.07) is 3.86. The van der Waals surface area contributed by atoms with Gasteiger partial charge < -0.3 is 19.7 Å². The Morgan fingerprint density at radius 2 is 2.50 bits per heavy atom. The minimum absolute atomic E-state index is 0. The number of hydrogen-bond donors (Lipinski definition) is 2. The standard InChI is InChI=1S/C16H25N3O2.HI/c1-3-8-17-16(18-9-6-15-5-4-11-21-15)19-10-7-14(12-19)13(2)20;/h3-5,11,13-14,20H,1,6-10,12H2,2H3,(H,17,18);1H. The SMILES string of the molecule is C=CCNC(=NCCc1ccco1)N1CCC(C(C)O)C1.I. The van der Waals surface area contributed by atoms with Gasteiger partial charge in [-0.05, 0) is 25.5 Å². The first-order valence-electron chi connectivity index (χ1n) is 7.55. The maximum absolute atomic E-state index is 9.71. The van der Waals surface area contributed by atoms with Crippen molar-refractivity contribution in [1.29, 1.82) is 0 Å². The van der Waals surface area contributed by atoms with Crippen molar-refractivity contribution in [2.75, 3.05) is 26.2 Å². The lowest BCUT2D eigenvalue weighted by Crippen LogP contribution is -2.41. The molecule has 1 fully saturated rings. The molecule has 2 atom stereocenters. The van der Waals surface area contributed by atoms with E-state index in [1.54, 1.807) is 6.26 Å². The Labute approximate surface area is 149 Å². The number of furan rings is 1. The second-order valence-electron chi connectivity index (χ2n) is 5.44. The quantitative estimate of drug-likeness (QED) is 0.322. The molecule has 2 unspecified atom stereocenters. The molecule has 5 nitrogen and oxygen atoms in total. The molecule has 0 spiro atoms. The van der Waals surface area contributed by atoms with Crippen molar-refractivity contribution in [3.63, 3.8) is 0 Å². The number of aliphatic imine (C=N–C) groups is 1. The highest BCUT2D eigenvalue weighted by molar-refractivity contribution is 14.0. The van der Waals surface area contributed by atoms with Gasteiger partial charge >= 0.3 is 0 Å². The predicted molar refractivity (Wildman–Crippen MR) is 99.7 cm³/mol. The first-order chi connectivity index (χ1) is 10.2. The van der Waals surface area contributed by atoms with Gasteiger partial charge in [-0.2, -0.15) is 0 Å². The summed E-state index contributed by atoms with van der Waals surface area (Å²) in [6.45, 7) is 8.74. The van der Waals surface area contributed by atoms with Crippen LogP contribution in [0.5, 0.6) is 0 Å². The highest BCUT2D eigenvalue weighted by Crippen LogP contribution is 2.19. The summed E-state index contributed by atoms with van der Waals surface area (Å²) in [5, 5.41) is 13.0. The van der Waals surface area contributed by atoms with E-state index in [9.17, 15) is 5.11 Å². The van der Waals surface area contributed by atoms with E-state index in [1.165, 1.54) is 0 Å². The minimum atomic E-state index is -0.265. The number of rotatable bonds is 6. The number of guanidine groups is 1. The van der Waals surface area contributed by atoms with Crippen molar-refractivity contribution in [2.24, 2.45) is 10.9 Å². The third kappa shape index (κ3) is 5.64. The highest BCUT2D eigenvalue weighted by Gasteiger charge is 2.27. The molecule has 2 N–H and O–H groups in total.